The predicted octanol–water partition coefficient (Wildman–Crippen LogP) is 2.83. The number of hydrogen-bond acceptors (Lipinski definition) is 2. The summed E-state index contributed by atoms with van der Waals surface area (Å²) in [4.78, 5) is 25.8. The van der Waals surface area contributed by atoms with Crippen LogP contribution in [0.3, 0.4) is 0 Å². The Morgan fingerprint density at radius 1 is 1.35 bits per heavy atom. The standard InChI is InChI=1S/C15H17FN2O2/c1-10-5-4-8-15(9-10)13(19)18(14(20)17-15)12-7-3-2-6-11(12)16/h2-3,6-7,10H,4-5,8-9H2,1H3,(H,17,20). The lowest BCUT2D eigenvalue weighted by molar-refractivity contribution is -0.123. The summed E-state index contributed by atoms with van der Waals surface area (Å²) < 4.78 is 13.8. The van der Waals surface area contributed by atoms with Crippen LogP contribution < -0.4 is 10.2 Å². The van der Waals surface area contributed by atoms with Crippen LogP contribution in [0.15, 0.2) is 24.3 Å². The van der Waals surface area contributed by atoms with Crippen molar-refractivity contribution in [2.45, 2.75) is 38.1 Å². The summed E-state index contributed by atoms with van der Waals surface area (Å²) in [5.41, 5.74) is -0.804. The average Bonchev–Trinajstić information content (AvgIpc) is 2.62. The lowest BCUT2D eigenvalue weighted by Crippen LogP contribution is -2.50. The summed E-state index contributed by atoms with van der Waals surface area (Å²) in [5, 5.41) is 2.80. The highest BCUT2D eigenvalue weighted by Gasteiger charge is 2.53. The van der Waals surface area contributed by atoms with Gasteiger partial charge in [0.1, 0.15) is 11.4 Å². The van der Waals surface area contributed by atoms with Gasteiger partial charge in [-0.3, -0.25) is 4.79 Å². The predicted molar refractivity (Wildman–Crippen MR) is 72.8 cm³/mol. The fourth-order valence-corrected chi connectivity index (χ4v) is 3.33. The molecule has 3 rings (SSSR count). The number of halogens is 1. The summed E-state index contributed by atoms with van der Waals surface area (Å²) in [6, 6.07) is 5.35. The quantitative estimate of drug-likeness (QED) is 0.802. The van der Waals surface area contributed by atoms with Crippen molar-refractivity contribution in [1.82, 2.24) is 5.32 Å². The van der Waals surface area contributed by atoms with Crippen molar-refractivity contribution in [2.75, 3.05) is 4.90 Å². The summed E-state index contributed by atoms with van der Waals surface area (Å²) in [5.74, 6) is -0.496. The third kappa shape index (κ3) is 1.88. The molecule has 5 heteroatoms. The van der Waals surface area contributed by atoms with Crippen LogP contribution >= 0.6 is 0 Å². The molecule has 1 aromatic carbocycles. The van der Waals surface area contributed by atoms with Crippen LogP contribution in [0.1, 0.15) is 32.6 Å². The van der Waals surface area contributed by atoms with Gasteiger partial charge in [-0.25, -0.2) is 14.1 Å². The highest BCUT2D eigenvalue weighted by Crippen LogP contribution is 2.38. The van der Waals surface area contributed by atoms with Gasteiger partial charge in [0.25, 0.3) is 5.91 Å². The number of rotatable bonds is 1. The van der Waals surface area contributed by atoms with E-state index in [1.165, 1.54) is 18.2 Å². The minimum absolute atomic E-state index is 0.0325. The van der Waals surface area contributed by atoms with E-state index in [4.69, 9.17) is 0 Å². The first-order valence-corrected chi connectivity index (χ1v) is 6.95. The highest BCUT2D eigenvalue weighted by molar-refractivity contribution is 6.23. The zero-order valence-corrected chi connectivity index (χ0v) is 11.4. The molecule has 20 heavy (non-hydrogen) atoms. The Bertz CT molecular complexity index is 575. The van der Waals surface area contributed by atoms with E-state index >= 15 is 0 Å². The molecule has 2 aliphatic rings. The van der Waals surface area contributed by atoms with Gasteiger partial charge < -0.3 is 5.32 Å². The Morgan fingerprint density at radius 3 is 2.80 bits per heavy atom. The number of benzene rings is 1. The molecule has 2 fully saturated rings. The van der Waals surface area contributed by atoms with Gasteiger partial charge in [0.2, 0.25) is 0 Å². The first kappa shape index (κ1) is 13.1. The lowest BCUT2D eigenvalue weighted by Gasteiger charge is -2.34. The fourth-order valence-electron chi connectivity index (χ4n) is 3.33. The Kier molecular flexibility index (Phi) is 3.00. The number of carbonyl (C=O) groups is 2. The lowest BCUT2D eigenvalue weighted by atomic mass is 9.76. The average molecular weight is 276 g/mol. The highest BCUT2D eigenvalue weighted by atomic mass is 19.1. The Hall–Kier alpha value is -1.91. The molecule has 1 aromatic rings. The first-order valence-electron chi connectivity index (χ1n) is 6.95. The number of amides is 3. The van der Waals surface area contributed by atoms with Crippen LogP contribution in [0.5, 0.6) is 0 Å². The second kappa shape index (κ2) is 4.58. The first-order chi connectivity index (χ1) is 9.53. The van der Waals surface area contributed by atoms with E-state index in [9.17, 15) is 14.0 Å². The zero-order valence-electron chi connectivity index (χ0n) is 11.4. The Balaban J connectivity index is 1.97. The van der Waals surface area contributed by atoms with Crippen molar-refractivity contribution >= 4 is 17.6 Å². The summed E-state index contributed by atoms with van der Waals surface area (Å²) in [6.45, 7) is 2.08. The number of anilines is 1. The maximum atomic E-state index is 13.8. The number of carbonyl (C=O) groups excluding carboxylic acids is 2. The maximum absolute atomic E-state index is 13.8. The monoisotopic (exact) mass is 276 g/mol. The Morgan fingerprint density at radius 2 is 2.10 bits per heavy atom. The second-order valence-electron chi connectivity index (χ2n) is 5.81. The van der Waals surface area contributed by atoms with Crippen molar-refractivity contribution in [3.8, 4) is 0 Å². The molecule has 1 saturated carbocycles. The molecule has 106 valence electrons. The van der Waals surface area contributed by atoms with Crippen LogP contribution in [0.4, 0.5) is 14.9 Å². The van der Waals surface area contributed by atoms with Crippen LogP contribution in [0.25, 0.3) is 0 Å². The molecule has 1 spiro atoms. The third-order valence-electron chi connectivity index (χ3n) is 4.25. The molecule has 1 aliphatic heterocycles. The smallest absolute Gasteiger partial charge is 0.323 e. The topological polar surface area (TPSA) is 49.4 Å². The number of hydrogen-bond donors (Lipinski definition) is 1. The Labute approximate surface area is 117 Å². The van der Waals surface area contributed by atoms with Gasteiger partial charge >= 0.3 is 6.03 Å². The SMILES string of the molecule is CC1CCCC2(C1)NC(=O)N(c1ccccc1F)C2=O. The summed E-state index contributed by atoms with van der Waals surface area (Å²) in [7, 11) is 0. The fraction of sp³-hybridized carbons (Fsp3) is 0.467. The molecule has 0 aromatic heterocycles. The molecule has 4 nitrogen and oxygen atoms in total. The van der Waals surface area contributed by atoms with E-state index in [0.717, 1.165) is 17.7 Å². The van der Waals surface area contributed by atoms with Crippen LogP contribution in [0.2, 0.25) is 0 Å². The van der Waals surface area contributed by atoms with Crippen molar-refractivity contribution in [3.63, 3.8) is 0 Å². The third-order valence-corrected chi connectivity index (χ3v) is 4.25. The van der Waals surface area contributed by atoms with Crippen molar-refractivity contribution in [2.24, 2.45) is 5.92 Å². The van der Waals surface area contributed by atoms with Crippen molar-refractivity contribution in [3.05, 3.63) is 30.1 Å². The van der Waals surface area contributed by atoms with Gasteiger partial charge in [-0.2, -0.15) is 0 Å². The van der Waals surface area contributed by atoms with E-state index < -0.39 is 17.4 Å². The van der Waals surface area contributed by atoms with E-state index in [-0.39, 0.29) is 11.6 Å². The molecular weight excluding hydrogens is 259 g/mol. The van der Waals surface area contributed by atoms with Gasteiger partial charge in [-0.05, 0) is 30.9 Å². The minimum Gasteiger partial charge on any atom is -0.323 e. The molecular formula is C15H17FN2O2. The second-order valence-corrected chi connectivity index (χ2v) is 5.81. The van der Waals surface area contributed by atoms with Gasteiger partial charge in [0.15, 0.2) is 0 Å². The molecule has 1 saturated heterocycles. The summed E-state index contributed by atoms with van der Waals surface area (Å²) >= 11 is 0. The van der Waals surface area contributed by atoms with E-state index in [1.807, 2.05) is 0 Å². The molecule has 2 unspecified atom stereocenters. The molecule has 0 radical (unpaired) electrons. The number of nitrogens with one attached hydrogen (secondary N) is 1. The van der Waals surface area contributed by atoms with Gasteiger partial charge in [0.05, 0.1) is 5.69 Å². The molecule has 1 heterocycles. The van der Waals surface area contributed by atoms with Gasteiger partial charge in [-0.15, -0.1) is 0 Å². The van der Waals surface area contributed by atoms with Gasteiger partial charge in [0, 0.05) is 0 Å². The molecule has 0 bridgehead atoms. The van der Waals surface area contributed by atoms with Crippen LogP contribution in [-0.4, -0.2) is 17.5 Å². The van der Waals surface area contributed by atoms with Gasteiger partial charge in [-0.1, -0.05) is 31.9 Å². The van der Waals surface area contributed by atoms with Crippen LogP contribution in [-0.2, 0) is 4.79 Å². The van der Waals surface area contributed by atoms with E-state index in [1.54, 1.807) is 6.07 Å². The molecule has 2 atom stereocenters. The minimum atomic E-state index is -0.836. The van der Waals surface area contributed by atoms with E-state index in [0.29, 0.717) is 18.8 Å². The van der Waals surface area contributed by atoms with Crippen molar-refractivity contribution < 1.29 is 14.0 Å². The number of imide groups is 1. The largest absolute Gasteiger partial charge is 0.329 e. The normalized spacial score (nSPS) is 29.9. The molecule has 1 N–H and O–H groups in total. The number of urea groups is 1. The molecule has 3 amide bonds. The zero-order chi connectivity index (χ0) is 14.3. The number of para-hydroxylation sites is 1. The van der Waals surface area contributed by atoms with E-state index in [2.05, 4.69) is 12.2 Å². The maximum Gasteiger partial charge on any atom is 0.329 e. The summed E-state index contributed by atoms with van der Waals surface area (Å²) in [6.07, 6.45) is 3.22. The van der Waals surface area contributed by atoms with Crippen LogP contribution in [0, 0.1) is 11.7 Å². The number of nitrogens with zero attached hydrogens (tertiary/aromatic N) is 1. The van der Waals surface area contributed by atoms with Crippen molar-refractivity contribution in [1.29, 1.82) is 0 Å². The molecule has 1 aliphatic carbocycles.